The number of nitrogens with zero attached hydrogens (tertiary/aromatic N) is 4. The Hall–Kier alpha value is -2.78. The summed E-state index contributed by atoms with van der Waals surface area (Å²) in [6, 6.07) is 5.13. The van der Waals surface area contributed by atoms with Gasteiger partial charge in [0.05, 0.1) is 31.0 Å². The first kappa shape index (κ1) is 19.0. The number of rotatable bonds is 9. The molecule has 0 atom stereocenters. The molecule has 0 aliphatic carbocycles. The summed E-state index contributed by atoms with van der Waals surface area (Å²) >= 11 is 0. The van der Waals surface area contributed by atoms with Crippen molar-refractivity contribution in [3.05, 3.63) is 41.9 Å². The van der Waals surface area contributed by atoms with E-state index < -0.39 is 5.91 Å². The summed E-state index contributed by atoms with van der Waals surface area (Å²) in [5.74, 6) is 0.520. The standard InChI is InChI=1S/C18H25N7O2/c19-16(26)15-3-1-5-20-17(15)23-13-14-4-7-22-18(24-14)21-6-2-8-25-9-11-27-12-10-25/h1,3-5,7H,2,6,8-13H2,(H2,19,26)(H,20,23)(H,21,22,24). The zero-order valence-electron chi connectivity index (χ0n) is 15.2. The molecule has 2 aromatic heterocycles. The minimum absolute atomic E-state index is 0.355. The molecule has 3 rings (SSSR count). The van der Waals surface area contributed by atoms with Crippen LogP contribution < -0.4 is 16.4 Å². The van der Waals surface area contributed by atoms with Gasteiger partial charge in [0.15, 0.2) is 0 Å². The molecule has 1 aliphatic rings. The molecule has 0 radical (unpaired) electrons. The lowest BCUT2D eigenvalue weighted by molar-refractivity contribution is 0.0378. The van der Waals surface area contributed by atoms with Crippen LogP contribution in [-0.2, 0) is 11.3 Å². The molecule has 4 N–H and O–H groups in total. The summed E-state index contributed by atoms with van der Waals surface area (Å²) < 4.78 is 5.35. The second kappa shape index (κ2) is 9.79. The normalized spacial score (nSPS) is 14.7. The van der Waals surface area contributed by atoms with Gasteiger partial charge in [-0.1, -0.05) is 0 Å². The van der Waals surface area contributed by atoms with Gasteiger partial charge in [0.1, 0.15) is 5.82 Å². The number of nitrogens with two attached hydrogens (primary N) is 1. The smallest absolute Gasteiger partial charge is 0.252 e. The van der Waals surface area contributed by atoms with Gasteiger partial charge in [-0.3, -0.25) is 9.69 Å². The SMILES string of the molecule is NC(=O)c1cccnc1NCc1ccnc(NCCCN2CCOCC2)n1. The quantitative estimate of drug-likeness (QED) is 0.552. The maximum atomic E-state index is 11.4. The summed E-state index contributed by atoms with van der Waals surface area (Å²) in [5, 5.41) is 6.35. The highest BCUT2D eigenvalue weighted by Gasteiger charge is 2.10. The zero-order chi connectivity index (χ0) is 18.9. The number of aromatic nitrogens is 3. The highest BCUT2D eigenvalue weighted by atomic mass is 16.5. The molecule has 9 nitrogen and oxygen atoms in total. The van der Waals surface area contributed by atoms with Gasteiger partial charge in [-0.05, 0) is 31.2 Å². The fourth-order valence-electron chi connectivity index (χ4n) is 2.83. The van der Waals surface area contributed by atoms with Crippen molar-refractivity contribution in [1.29, 1.82) is 0 Å². The summed E-state index contributed by atoms with van der Waals surface area (Å²) in [7, 11) is 0. The van der Waals surface area contributed by atoms with E-state index >= 15 is 0 Å². The van der Waals surface area contributed by atoms with Gasteiger partial charge in [0.25, 0.3) is 5.91 Å². The van der Waals surface area contributed by atoms with Crippen LogP contribution >= 0.6 is 0 Å². The first-order valence-electron chi connectivity index (χ1n) is 9.07. The third-order valence-corrected chi connectivity index (χ3v) is 4.26. The number of hydrogen-bond donors (Lipinski definition) is 3. The van der Waals surface area contributed by atoms with E-state index in [4.69, 9.17) is 10.5 Å². The van der Waals surface area contributed by atoms with Crippen molar-refractivity contribution < 1.29 is 9.53 Å². The highest BCUT2D eigenvalue weighted by Crippen LogP contribution is 2.12. The lowest BCUT2D eigenvalue weighted by atomic mass is 10.2. The van der Waals surface area contributed by atoms with Gasteiger partial charge < -0.3 is 21.1 Å². The van der Waals surface area contributed by atoms with E-state index in [1.54, 1.807) is 24.5 Å². The molecule has 0 aromatic carbocycles. The summed E-state index contributed by atoms with van der Waals surface area (Å²) in [6.07, 6.45) is 4.33. The monoisotopic (exact) mass is 371 g/mol. The Morgan fingerprint density at radius 1 is 1.19 bits per heavy atom. The van der Waals surface area contributed by atoms with E-state index in [0.29, 0.717) is 23.9 Å². The Balaban J connectivity index is 1.46. The van der Waals surface area contributed by atoms with Crippen LogP contribution in [0.1, 0.15) is 22.5 Å². The van der Waals surface area contributed by atoms with Crippen LogP contribution in [0.5, 0.6) is 0 Å². The Morgan fingerprint density at radius 2 is 2.04 bits per heavy atom. The van der Waals surface area contributed by atoms with E-state index in [1.807, 2.05) is 6.07 Å². The number of nitrogens with one attached hydrogen (secondary N) is 2. The molecular formula is C18H25N7O2. The van der Waals surface area contributed by atoms with Gasteiger partial charge in [0.2, 0.25) is 5.95 Å². The van der Waals surface area contributed by atoms with Crippen molar-refractivity contribution in [3.8, 4) is 0 Å². The molecule has 27 heavy (non-hydrogen) atoms. The molecule has 2 aromatic rings. The average molecular weight is 371 g/mol. The van der Waals surface area contributed by atoms with Crippen LogP contribution in [0.3, 0.4) is 0 Å². The van der Waals surface area contributed by atoms with Gasteiger partial charge in [-0.25, -0.2) is 15.0 Å². The van der Waals surface area contributed by atoms with E-state index in [0.717, 1.165) is 51.5 Å². The van der Waals surface area contributed by atoms with E-state index in [1.165, 1.54) is 0 Å². The van der Waals surface area contributed by atoms with E-state index in [2.05, 4.69) is 30.5 Å². The molecular weight excluding hydrogens is 346 g/mol. The molecule has 1 saturated heterocycles. The number of primary amides is 1. The first-order chi connectivity index (χ1) is 13.2. The number of ether oxygens (including phenoxy) is 1. The fraction of sp³-hybridized carbons (Fsp3) is 0.444. The van der Waals surface area contributed by atoms with Crippen molar-refractivity contribution in [1.82, 2.24) is 19.9 Å². The van der Waals surface area contributed by atoms with Gasteiger partial charge in [0, 0.05) is 32.0 Å². The maximum absolute atomic E-state index is 11.4. The second-order valence-electron chi connectivity index (χ2n) is 6.22. The topological polar surface area (TPSA) is 118 Å². The molecule has 144 valence electrons. The number of hydrogen-bond acceptors (Lipinski definition) is 8. The van der Waals surface area contributed by atoms with Gasteiger partial charge in [-0.15, -0.1) is 0 Å². The molecule has 0 bridgehead atoms. The van der Waals surface area contributed by atoms with E-state index in [-0.39, 0.29) is 0 Å². The average Bonchev–Trinajstić information content (AvgIpc) is 2.71. The molecule has 0 spiro atoms. The minimum atomic E-state index is -0.518. The fourth-order valence-corrected chi connectivity index (χ4v) is 2.83. The second-order valence-corrected chi connectivity index (χ2v) is 6.22. The van der Waals surface area contributed by atoms with Crippen molar-refractivity contribution in [2.24, 2.45) is 5.73 Å². The molecule has 0 saturated carbocycles. The number of carbonyl (C=O) groups is 1. The maximum Gasteiger partial charge on any atom is 0.252 e. The predicted molar refractivity (Wildman–Crippen MR) is 102 cm³/mol. The third kappa shape index (κ3) is 5.87. The molecule has 3 heterocycles. The number of carbonyl (C=O) groups excluding carboxylic acids is 1. The van der Waals surface area contributed by atoms with Crippen LogP contribution in [0.4, 0.5) is 11.8 Å². The van der Waals surface area contributed by atoms with Crippen LogP contribution in [0.2, 0.25) is 0 Å². The van der Waals surface area contributed by atoms with Crippen molar-refractivity contribution >= 4 is 17.7 Å². The largest absolute Gasteiger partial charge is 0.379 e. The van der Waals surface area contributed by atoms with Crippen LogP contribution in [0, 0.1) is 0 Å². The lowest BCUT2D eigenvalue weighted by Crippen LogP contribution is -2.37. The lowest BCUT2D eigenvalue weighted by Gasteiger charge is -2.26. The van der Waals surface area contributed by atoms with Gasteiger partial charge in [-0.2, -0.15) is 0 Å². The Labute approximate surface area is 158 Å². The molecule has 1 aliphatic heterocycles. The highest BCUT2D eigenvalue weighted by molar-refractivity contribution is 5.97. The zero-order valence-corrected chi connectivity index (χ0v) is 15.2. The summed E-state index contributed by atoms with van der Waals surface area (Å²) in [6.45, 7) is 5.89. The van der Waals surface area contributed by atoms with Crippen LogP contribution in [-0.4, -0.2) is 65.2 Å². The summed E-state index contributed by atoms with van der Waals surface area (Å²) in [4.78, 5) is 26.7. The Kier molecular flexibility index (Phi) is 6.89. The number of morpholine rings is 1. The molecule has 1 amide bonds. The molecule has 1 fully saturated rings. The summed E-state index contributed by atoms with van der Waals surface area (Å²) in [5.41, 5.74) is 6.51. The van der Waals surface area contributed by atoms with Crippen molar-refractivity contribution in [2.45, 2.75) is 13.0 Å². The van der Waals surface area contributed by atoms with Gasteiger partial charge >= 0.3 is 0 Å². The number of pyridine rings is 1. The minimum Gasteiger partial charge on any atom is -0.379 e. The Bertz CT molecular complexity index is 750. The van der Waals surface area contributed by atoms with Crippen molar-refractivity contribution in [3.63, 3.8) is 0 Å². The van der Waals surface area contributed by atoms with Crippen LogP contribution in [0.15, 0.2) is 30.6 Å². The predicted octanol–water partition coefficient (Wildman–Crippen LogP) is 0.717. The Morgan fingerprint density at radius 3 is 2.85 bits per heavy atom. The number of anilines is 2. The molecule has 0 unspecified atom stereocenters. The number of amides is 1. The molecule has 9 heteroatoms. The van der Waals surface area contributed by atoms with Crippen LogP contribution in [0.25, 0.3) is 0 Å². The van der Waals surface area contributed by atoms with E-state index in [9.17, 15) is 4.79 Å². The van der Waals surface area contributed by atoms with Crippen molar-refractivity contribution in [2.75, 3.05) is 50.0 Å². The third-order valence-electron chi connectivity index (χ3n) is 4.26. The first-order valence-corrected chi connectivity index (χ1v) is 9.07.